The molecule has 2 unspecified atom stereocenters. The third-order valence-electron chi connectivity index (χ3n) is 8.27. The van der Waals surface area contributed by atoms with E-state index in [1.807, 2.05) is 22.9 Å². The Morgan fingerprint density at radius 3 is 2.56 bits per heavy atom. The van der Waals surface area contributed by atoms with Crippen LogP contribution in [0.2, 0.25) is 0 Å². The maximum Gasteiger partial charge on any atom is 0.245 e. The van der Waals surface area contributed by atoms with Crippen LogP contribution in [0.4, 0.5) is 17.6 Å². The number of carbonyl (C=O) groups is 2. The zero-order valence-corrected chi connectivity index (χ0v) is 24.5. The minimum absolute atomic E-state index is 0.0114. The lowest BCUT2D eigenvalue weighted by Gasteiger charge is -2.34. The van der Waals surface area contributed by atoms with Gasteiger partial charge in [-0.25, -0.2) is 9.97 Å². The number of hydrogen-bond acceptors (Lipinski definition) is 11. The molecule has 2 amide bonds. The fourth-order valence-electron chi connectivity index (χ4n) is 6.06. The molecule has 3 N–H and O–H groups in total. The largest absolute Gasteiger partial charge is 0.493 e. The summed E-state index contributed by atoms with van der Waals surface area (Å²) in [5.41, 5.74) is 2.48. The number of methoxy groups -OCH3 is 3. The zero-order chi connectivity index (χ0) is 30.1. The van der Waals surface area contributed by atoms with E-state index in [1.165, 1.54) is 0 Å². The number of hydrogen-bond donors (Lipinski definition) is 3. The van der Waals surface area contributed by atoms with E-state index in [0.29, 0.717) is 67.2 Å². The fraction of sp³-hybridized carbons (Fsp3) is 0.483. The number of imidazole rings is 1. The standard InChI is InChI=1S/C29H36N8O6/c1-41-22-11-18(12-23(42-2)26(22)43-3)36-14-24(30-16-36)33-29-32-20-8-10-35(28(40)21-6-7-25(39)31-21)13-19(20)27(34-29)37-9-4-5-17(37)15-38/h11-12,14,16-17,21,38H,4-10,13,15H2,1-3H3,(H,31,39)(H,32,33,34). The quantitative estimate of drug-likeness (QED) is 0.331. The first kappa shape index (κ1) is 28.5. The molecule has 5 heterocycles. The van der Waals surface area contributed by atoms with Gasteiger partial charge in [-0.1, -0.05) is 0 Å². The van der Waals surface area contributed by atoms with Crippen LogP contribution in [-0.4, -0.2) is 94.4 Å². The first-order valence-corrected chi connectivity index (χ1v) is 14.4. The van der Waals surface area contributed by atoms with Crippen LogP contribution < -0.4 is 29.7 Å². The summed E-state index contributed by atoms with van der Waals surface area (Å²) in [4.78, 5) is 43.1. The molecule has 3 aliphatic rings. The SMILES string of the molecule is COc1cc(-n2cnc(Nc3nc4c(c(N5CCCC5CO)n3)CN(C(=O)C3CCC(=O)N3)CC4)c2)cc(OC)c1OC. The van der Waals surface area contributed by atoms with E-state index in [4.69, 9.17) is 24.2 Å². The Morgan fingerprint density at radius 2 is 1.88 bits per heavy atom. The second-order valence-electron chi connectivity index (χ2n) is 10.8. The third-order valence-corrected chi connectivity index (χ3v) is 8.27. The van der Waals surface area contributed by atoms with Crippen molar-refractivity contribution in [3.05, 3.63) is 35.9 Å². The van der Waals surface area contributed by atoms with Crippen molar-refractivity contribution in [1.82, 2.24) is 29.7 Å². The number of carbonyl (C=O) groups excluding carboxylic acids is 2. The summed E-state index contributed by atoms with van der Waals surface area (Å²) >= 11 is 0. The van der Waals surface area contributed by atoms with Crippen molar-refractivity contribution in [1.29, 1.82) is 0 Å². The van der Waals surface area contributed by atoms with Gasteiger partial charge in [-0.3, -0.25) is 9.59 Å². The van der Waals surface area contributed by atoms with Crippen LogP contribution in [0.5, 0.6) is 17.2 Å². The Balaban J connectivity index is 1.29. The van der Waals surface area contributed by atoms with Crippen LogP contribution in [0, 0.1) is 0 Å². The number of benzene rings is 1. The molecule has 6 rings (SSSR count). The topological polar surface area (TPSA) is 156 Å². The van der Waals surface area contributed by atoms with Crippen molar-refractivity contribution >= 4 is 29.4 Å². The summed E-state index contributed by atoms with van der Waals surface area (Å²) in [6, 6.07) is 3.10. The molecule has 0 saturated carbocycles. The van der Waals surface area contributed by atoms with E-state index >= 15 is 0 Å². The first-order chi connectivity index (χ1) is 20.9. The number of ether oxygens (including phenoxy) is 3. The first-order valence-electron chi connectivity index (χ1n) is 14.4. The summed E-state index contributed by atoms with van der Waals surface area (Å²) in [7, 11) is 4.69. The Labute approximate surface area is 249 Å². The van der Waals surface area contributed by atoms with Gasteiger partial charge in [-0.15, -0.1) is 0 Å². The van der Waals surface area contributed by atoms with E-state index in [2.05, 4.69) is 20.5 Å². The van der Waals surface area contributed by atoms with Gasteiger partial charge in [0.2, 0.25) is 23.5 Å². The molecule has 0 aliphatic carbocycles. The molecule has 0 bridgehead atoms. The minimum atomic E-state index is -0.489. The van der Waals surface area contributed by atoms with E-state index in [9.17, 15) is 14.7 Å². The Kier molecular flexibility index (Phi) is 7.93. The van der Waals surface area contributed by atoms with Gasteiger partial charge in [0.05, 0.1) is 58.1 Å². The Hall–Kier alpha value is -4.59. The molecular weight excluding hydrogens is 556 g/mol. The number of aliphatic hydroxyl groups is 1. The van der Waals surface area contributed by atoms with Gasteiger partial charge < -0.3 is 44.3 Å². The predicted molar refractivity (Wildman–Crippen MR) is 156 cm³/mol. The van der Waals surface area contributed by atoms with Gasteiger partial charge in [-0.2, -0.15) is 4.98 Å². The van der Waals surface area contributed by atoms with Crippen LogP contribution in [0.3, 0.4) is 0 Å². The van der Waals surface area contributed by atoms with E-state index < -0.39 is 6.04 Å². The summed E-state index contributed by atoms with van der Waals surface area (Å²) in [6.45, 7) is 1.60. The number of fused-ring (bicyclic) bond motifs is 1. The summed E-state index contributed by atoms with van der Waals surface area (Å²) < 4.78 is 18.2. The number of rotatable bonds is 9. The van der Waals surface area contributed by atoms with Crippen LogP contribution in [-0.2, 0) is 22.6 Å². The van der Waals surface area contributed by atoms with Crippen molar-refractivity contribution in [3.8, 4) is 22.9 Å². The second kappa shape index (κ2) is 12.0. The lowest BCUT2D eigenvalue weighted by atomic mass is 10.0. The number of amides is 2. The molecule has 1 aromatic carbocycles. The molecule has 2 atom stereocenters. The van der Waals surface area contributed by atoms with Gasteiger partial charge in [0, 0.05) is 43.6 Å². The second-order valence-corrected chi connectivity index (χ2v) is 10.8. The fourth-order valence-corrected chi connectivity index (χ4v) is 6.06. The normalized spacial score (nSPS) is 19.7. The van der Waals surface area contributed by atoms with E-state index in [-0.39, 0.29) is 24.5 Å². The number of nitrogens with one attached hydrogen (secondary N) is 2. The highest BCUT2D eigenvalue weighted by atomic mass is 16.5. The smallest absolute Gasteiger partial charge is 0.245 e. The number of anilines is 3. The van der Waals surface area contributed by atoms with Gasteiger partial charge in [0.1, 0.15) is 18.2 Å². The lowest BCUT2D eigenvalue weighted by molar-refractivity contribution is -0.135. The highest BCUT2D eigenvalue weighted by Crippen LogP contribution is 2.39. The minimum Gasteiger partial charge on any atom is -0.493 e. The number of nitrogens with zero attached hydrogens (tertiary/aromatic N) is 6. The Morgan fingerprint density at radius 1 is 1.09 bits per heavy atom. The summed E-state index contributed by atoms with van der Waals surface area (Å²) in [5, 5.41) is 16.1. The van der Waals surface area contributed by atoms with Crippen molar-refractivity contribution in [3.63, 3.8) is 0 Å². The highest BCUT2D eigenvalue weighted by Gasteiger charge is 2.36. The van der Waals surface area contributed by atoms with Gasteiger partial charge >= 0.3 is 0 Å². The molecule has 14 heteroatoms. The molecule has 43 heavy (non-hydrogen) atoms. The number of aliphatic hydroxyl groups excluding tert-OH is 1. The molecule has 3 aromatic rings. The van der Waals surface area contributed by atoms with Crippen LogP contribution in [0.15, 0.2) is 24.7 Å². The van der Waals surface area contributed by atoms with Crippen LogP contribution in [0.1, 0.15) is 36.9 Å². The molecule has 2 saturated heterocycles. The molecule has 3 aliphatic heterocycles. The summed E-state index contributed by atoms with van der Waals surface area (Å²) in [5.74, 6) is 3.00. The predicted octanol–water partition coefficient (Wildman–Crippen LogP) is 1.56. The lowest BCUT2D eigenvalue weighted by Crippen LogP contribution is -2.47. The van der Waals surface area contributed by atoms with Gasteiger partial charge in [0.15, 0.2) is 17.3 Å². The molecule has 0 radical (unpaired) electrons. The van der Waals surface area contributed by atoms with Crippen LogP contribution in [0.25, 0.3) is 5.69 Å². The molecule has 2 fully saturated rings. The third kappa shape index (κ3) is 5.49. The molecule has 2 aromatic heterocycles. The van der Waals surface area contributed by atoms with Crippen molar-refractivity contribution in [2.24, 2.45) is 0 Å². The average molecular weight is 593 g/mol. The van der Waals surface area contributed by atoms with Crippen molar-refractivity contribution < 1.29 is 28.9 Å². The maximum atomic E-state index is 13.2. The van der Waals surface area contributed by atoms with Gasteiger partial charge in [-0.05, 0) is 19.3 Å². The maximum absolute atomic E-state index is 13.2. The monoisotopic (exact) mass is 592 g/mol. The molecule has 14 nitrogen and oxygen atoms in total. The molecule has 0 spiro atoms. The highest BCUT2D eigenvalue weighted by molar-refractivity contribution is 5.91. The number of aromatic nitrogens is 4. The van der Waals surface area contributed by atoms with E-state index in [1.54, 1.807) is 32.6 Å². The van der Waals surface area contributed by atoms with Crippen LogP contribution >= 0.6 is 0 Å². The summed E-state index contributed by atoms with van der Waals surface area (Å²) in [6.07, 6.45) is 6.68. The zero-order valence-electron chi connectivity index (χ0n) is 24.5. The molecule has 228 valence electrons. The van der Waals surface area contributed by atoms with Crippen molar-refractivity contribution in [2.75, 3.05) is 51.2 Å². The van der Waals surface area contributed by atoms with E-state index in [0.717, 1.165) is 36.3 Å². The van der Waals surface area contributed by atoms with Gasteiger partial charge in [0.25, 0.3) is 0 Å². The van der Waals surface area contributed by atoms with Crippen molar-refractivity contribution in [2.45, 2.75) is 50.7 Å². The molecular formula is C29H36N8O6. The Bertz CT molecular complexity index is 1500. The average Bonchev–Trinajstić information content (AvgIpc) is 3.80.